The second-order valence-corrected chi connectivity index (χ2v) is 10.5. The maximum absolute atomic E-state index is 12.4. The number of nitrogens with one attached hydrogen (secondary N) is 1. The van der Waals surface area contributed by atoms with E-state index < -0.39 is 19.9 Å². The van der Waals surface area contributed by atoms with Crippen LogP contribution in [-0.4, -0.2) is 47.1 Å². The van der Waals surface area contributed by atoms with E-state index in [9.17, 15) is 21.6 Å². The summed E-state index contributed by atoms with van der Waals surface area (Å²) in [6.07, 6.45) is 3.67. The minimum atomic E-state index is -4.02. The van der Waals surface area contributed by atoms with Gasteiger partial charge < -0.3 is 10.2 Å². The number of nitrogens with zero attached hydrogens (tertiary/aromatic N) is 2. The maximum Gasteiger partial charge on any atom is 0.238 e. The summed E-state index contributed by atoms with van der Waals surface area (Å²) in [7, 11) is -7.71. The predicted molar refractivity (Wildman–Crippen MR) is 109 cm³/mol. The van der Waals surface area contributed by atoms with Crippen LogP contribution in [0.25, 0.3) is 0 Å². The van der Waals surface area contributed by atoms with E-state index in [4.69, 9.17) is 5.14 Å². The first-order valence-electron chi connectivity index (χ1n) is 8.89. The zero-order chi connectivity index (χ0) is 21.2. The molecule has 1 saturated heterocycles. The molecule has 11 heteroatoms. The van der Waals surface area contributed by atoms with Crippen molar-refractivity contribution in [3.63, 3.8) is 0 Å². The molecule has 1 fully saturated rings. The van der Waals surface area contributed by atoms with Gasteiger partial charge in [-0.1, -0.05) is 6.07 Å². The summed E-state index contributed by atoms with van der Waals surface area (Å²) in [5.41, 5.74) is 0.406. The van der Waals surface area contributed by atoms with Crippen LogP contribution in [0.3, 0.4) is 0 Å². The third kappa shape index (κ3) is 5.11. The minimum absolute atomic E-state index is 0.0968. The molecule has 0 atom stereocenters. The van der Waals surface area contributed by atoms with Gasteiger partial charge in [0.25, 0.3) is 0 Å². The molecule has 0 bridgehead atoms. The number of pyridine rings is 1. The molecule has 0 saturated carbocycles. The molecule has 0 spiro atoms. The van der Waals surface area contributed by atoms with Crippen LogP contribution in [0.2, 0.25) is 0 Å². The number of primary sulfonamides is 1. The summed E-state index contributed by atoms with van der Waals surface area (Å²) >= 11 is 0. The van der Waals surface area contributed by atoms with Crippen LogP contribution in [0, 0.1) is 5.92 Å². The molecule has 1 aliphatic heterocycles. The molecule has 1 aromatic heterocycles. The lowest BCUT2D eigenvalue weighted by Gasteiger charge is -2.34. The van der Waals surface area contributed by atoms with Gasteiger partial charge in [0.1, 0.15) is 5.82 Å². The van der Waals surface area contributed by atoms with Gasteiger partial charge in [-0.25, -0.2) is 27.0 Å². The number of nitrogens with two attached hydrogens (primary N) is 1. The number of carbonyl (C=O) groups excluding carboxylic acids is 1. The van der Waals surface area contributed by atoms with Crippen LogP contribution in [0.15, 0.2) is 52.4 Å². The molecule has 0 aliphatic carbocycles. The highest BCUT2D eigenvalue weighted by molar-refractivity contribution is 7.91. The Bertz CT molecular complexity index is 1110. The van der Waals surface area contributed by atoms with Crippen molar-refractivity contribution in [2.24, 2.45) is 11.1 Å². The fourth-order valence-electron chi connectivity index (χ4n) is 3.28. The lowest BCUT2D eigenvalue weighted by Crippen LogP contribution is -2.38. The van der Waals surface area contributed by atoms with Gasteiger partial charge >= 0.3 is 0 Å². The van der Waals surface area contributed by atoms with Crippen LogP contribution < -0.4 is 15.4 Å². The van der Waals surface area contributed by atoms with Gasteiger partial charge in [0.15, 0.2) is 9.84 Å². The van der Waals surface area contributed by atoms with Crippen molar-refractivity contribution in [1.82, 2.24) is 4.98 Å². The van der Waals surface area contributed by atoms with Crippen molar-refractivity contribution in [3.05, 3.63) is 42.6 Å². The zero-order valence-electron chi connectivity index (χ0n) is 15.8. The second-order valence-electron chi connectivity index (χ2n) is 6.91. The molecule has 3 rings (SSSR count). The van der Waals surface area contributed by atoms with Crippen molar-refractivity contribution in [1.29, 1.82) is 0 Å². The number of hydrogen-bond donors (Lipinski definition) is 2. The molecule has 2 heterocycles. The van der Waals surface area contributed by atoms with Gasteiger partial charge in [-0.2, -0.15) is 0 Å². The molecular weight excluding hydrogens is 416 g/mol. The molecule has 3 N–H and O–H groups in total. The highest BCUT2D eigenvalue weighted by Gasteiger charge is 2.28. The lowest BCUT2D eigenvalue weighted by molar-refractivity contribution is -0.120. The summed E-state index contributed by atoms with van der Waals surface area (Å²) in [6, 6.07) is 9.07. The van der Waals surface area contributed by atoms with Gasteiger partial charge in [0.2, 0.25) is 15.9 Å². The van der Waals surface area contributed by atoms with E-state index >= 15 is 0 Å². The molecule has 2 aromatic rings. The predicted octanol–water partition coefficient (Wildman–Crippen LogP) is 0.988. The number of hydrogen-bond acceptors (Lipinski definition) is 7. The molecule has 1 aliphatic rings. The largest absolute Gasteiger partial charge is 0.370 e. The van der Waals surface area contributed by atoms with Gasteiger partial charge in [-0.05, 0) is 43.2 Å². The van der Waals surface area contributed by atoms with Crippen LogP contribution in [0.1, 0.15) is 12.8 Å². The van der Waals surface area contributed by atoms with Crippen molar-refractivity contribution in [2.75, 3.05) is 29.6 Å². The zero-order valence-corrected chi connectivity index (χ0v) is 17.4. The topological polar surface area (TPSA) is 140 Å². The molecular formula is C18H22N4O5S2. The smallest absolute Gasteiger partial charge is 0.238 e. The number of benzene rings is 1. The Balaban J connectivity index is 1.76. The number of aromatic nitrogens is 1. The average molecular weight is 439 g/mol. The first kappa shape index (κ1) is 21.2. The fraction of sp³-hybridized carbons (Fsp3) is 0.333. The van der Waals surface area contributed by atoms with E-state index in [-0.39, 0.29) is 21.6 Å². The number of rotatable bonds is 5. The Kier molecular flexibility index (Phi) is 5.92. The van der Waals surface area contributed by atoms with Crippen LogP contribution in [0.4, 0.5) is 11.5 Å². The van der Waals surface area contributed by atoms with E-state index in [0.717, 1.165) is 12.3 Å². The number of piperidine rings is 1. The first-order chi connectivity index (χ1) is 13.6. The molecule has 0 radical (unpaired) electrons. The summed E-state index contributed by atoms with van der Waals surface area (Å²) in [5, 5.41) is 7.91. The Morgan fingerprint density at radius 1 is 1.14 bits per heavy atom. The van der Waals surface area contributed by atoms with E-state index in [1.54, 1.807) is 24.4 Å². The standard InChI is InChI=1S/C18H22N4O5S2/c1-28(24,25)16-12-14(29(19,26)27)5-6-15(16)22-10-7-13(8-11-22)18(23)21-17-4-2-3-9-20-17/h2-6,9,12-13H,7-8,10-11H2,1H3,(H2,19,26,27)(H,20,21,23). The molecule has 156 valence electrons. The summed E-state index contributed by atoms with van der Waals surface area (Å²) < 4.78 is 47.6. The summed E-state index contributed by atoms with van der Waals surface area (Å²) in [5.74, 6) is 0.132. The maximum atomic E-state index is 12.4. The summed E-state index contributed by atoms with van der Waals surface area (Å²) in [6.45, 7) is 0.912. The van der Waals surface area contributed by atoms with E-state index in [2.05, 4.69) is 10.3 Å². The average Bonchev–Trinajstić information content (AvgIpc) is 2.67. The van der Waals surface area contributed by atoms with Crippen LogP contribution >= 0.6 is 0 Å². The number of sulfone groups is 1. The van der Waals surface area contributed by atoms with Gasteiger partial charge in [0, 0.05) is 31.5 Å². The number of sulfonamides is 1. The SMILES string of the molecule is CS(=O)(=O)c1cc(S(N)(=O)=O)ccc1N1CCC(C(=O)Nc2ccccn2)CC1. The van der Waals surface area contributed by atoms with Crippen molar-refractivity contribution in [3.8, 4) is 0 Å². The highest BCUT2D eigenvalue weighted by Crippen LogP contribution is 2.31. The molecule has 1 amide bonds. The quantitative estimate of drug-likeness (QED) is 0.709. The molecule has 9 nitrogen and oxygen atoms in total. The van der Waals surface area contributed by atoms with Crippen molar-refractivity contribution in [2.45, 2.75) is 22.6 Å². The van der Waals surface area contributed by atoms with Crippen LogP contribution in [0.5, 0.6) is 0 Å². The lowest BCUT2D eigenvalue weighted by atomic mass is 9.95. The van der Waals surface area contributed by atoms with Crippen molar-refractivity contribution >= 4 is 37.3 Å². The van der Waals surface area contributed by atoms with Crippen molar-refractivity contribution < 1.29 is 21.6 Å². The summed E-state index contributed by atoms with van der Waals surface area (Å²) in [4.78, 5) is 18.0. The highest BCUT2D eigenvalue weighted by atomic mass is 32.2. The Labute approximate surface area is 169 Å². The Morgan fingerprint density at radius 3 is 2.38 bits per heavy atom. The molecule has 0 unspecified atom stereocenters. The van der Waals surface area contributed by atoms with Gasteiger partial charge in [0.05, 0.1) is 15.5 Å². The third-order valence-electron chi connectivity index (χ3n) is 4.78. The molecule has 1 aromatic carbocycles. The van der Waals surface area contributed by atoms with Gasteiger partial charge in [-0.3, -0.25) is 4.79 Å². The van der Waals surface area contributed by atoms with E-state index in [0.29, 0.717) is 37.4 Å². The van der Waals surface area contributed by atoms with E-state index in [1.807, 2.05) is 4.90 Å². The Hall–Kier alpha value is -2.50. The first-order valence-corrected chi connectivity index (χ1v) is 12.3. The number of carbonyl (C=O) groups is 1. The normalized spacial score (nSPS) is 15.9. The fourth-order valence-corrected chi connectivity index (χ4v) is 4.81. The number of anilines is 2. The van der Waals surface area contributed by atoms with Crippen LogP contribution in [-0.2, 0) is 24.7 Å². The second kappa shape index (κ2) is 8.09. The monoisotopic (exact) mass is 438 g/mol. The minimum Gasteiger partial charge on any atom is -0.370 e. The van der Waals surface area contributed by atoms with Gasteiger partial charge in [-0.15, -0.1) is 0 Å². The number of amides is 1. The van der Waals surface area contributed by atoms with E-state index in [1.165, 1.54) is 12.1 Å². The Morgan fingerprint density at radius 2 is 1.83 bits per heavy atom. The third-order valence-corrected chi connectivity index (χ3v) is 6.82. The molecule has 29 heavy (non-hydrogen) atoms.